The molecule has 0 spiro atoms. The molecule has 0 atom stereocenters. The molecule has 1 aliphatic heterocycles. The number of ether oxygens (including phenoxy) is 1. The van der Waals surface area contributed by atoms with Gasteiger partial charge in [-0.2, -0.15) is 0 Å². The van der Waals surface area contributed by atoms with Crippen LogP contribution in [0.15, 0.2) is 34.7 Å². The highest BCUT2D eigenvalue weighted by molar-refractivity contribution is 5.77. The van der Waals surface area contributed by atoms with E-state index in [-0.39, 0.29) is 12.5 Å². The summed E-state index contributed by atoms with van der Waals surface area (Å²) in [6.07, 6.45) is 0.729. The summed E-state index contributed by atoms with van der Waals surface area (Å²) in [5.74, 6) is 1.76. The topological polar surface area (TPSA) is 68.7 Å². The Labute approximate surface area is 123 Å². The summed E-state index contributed by atoms with van der Waals surface area (Å²) in [4.78, 5) is 13.7. The number of furan rings is 1. The number of carbonyl (C=O) groups is 1. The van der Waals surface area contributed by atoms with Gasteiger partial charge in [0.25, 0.3) is 0 Å². The molecular formula is C16H18N2O3. The van der Waals surface area contributed by atoms with Gasteiger partial charge in [-0.1, -0.05) is 12.1 Å². The number of hydrogen-bond acceptors (Lipinski definition) is 4. The lowest BCUT2D eigenvalue weighted by Crippen LogP contribution is -2.37. The van der Waals surface area contributed by atoms with E-state index in [1.54, 1.807) is 4.90 Å². The fourth-order valence-corrected chi connectivity index (χ4v) is 2.59. The second-order valence-corrected chi connectivity index (χ2v) is 5.18. The van der Waals surface area contributed by atoms with E-state index >= 15 is 0 Å². The predicted octanol–water partition coefficient (Wildman–Crippen LogP) is 2.06. The van der Waals surface area contributed by atoms with E-state index in [9.17, 15) is 4.79 Å². The molecule has 0 unspecified atom stereocenters. The van der Waals surface area contributed by atoms with Crippen LogP contribution < -0.4 is 5.73 Å². The maximum Gasteiger partial charge on any atom is 0.248 e. The summed E-state index contributed by atoms with van der Waals surface area (Å²) in [5.41, 5.74) is 8.53. The van der Waals surface area contributed by atoms with Crippen LogP contribution in [-0.4, -0.2) is 31.1 Å². The number of fused-ring (bicyclic) bond motifs is 1. The number of methoxy groups -OCH3 is 1. The van der Waals surface area contributed by atoms with Crippen LogP contribution in [0.1, 0.15) is 11.3 Å². The Morgan fingerprint density at radius 1 is 1.43 bits per heavy atom. The Kier molecular flexibility index (Phi) is 3.66. The number of nitrogens with two attached hydrogens (primary N) is 1. The zero-order valence-electron chi connectivity index (χ0n) is 12.0. The summed E-state index contributed by atoms with van der Waals surface area (Å²) in [7, 11) is 1.53. The molecule has 1 amide bonds. The molecule has 110 valence electrons. The predicted molar refractivity (Wildman–Crippen MR) is 79.6 cm³/mol. The summed E-state index contributed by atoms with van der Waals surface area (Å²) in [6, 6.07) is 9.60. The van der Waals surface area contributed by atoms with Gasteiger partial charge in [-0.15, -0.1) is 0 Å². The Morgan fingerprint density at radius 3 is 3.05 bits per heavy atom. The SMILES string of the molecule is COCC(=O)N1CCc2oc(-c3cccc(N)c3)cc2C1. The van der Waals surface area contributed by atoms with Crippen LogP contribution in [0.3, 0.4) is 0 Å². The van der Waals surface area contributed by atoms with Crippen LogP contribution in [0.25, 0.3) is 11.3 Å². The normalized spacial score (nSPS) is 14.0. The smallest absolute Gasteiger partial charge is 0.248 e. The molecule has 2 aromatic rings. The van der Waals surface area contributed by atoms with Crippen LogP contribution >= 0.6 is 0 Å². The lowest BCUT2D eigenvalue weighted by atomic mass is 10.1. The van der Waals surface area contributed by atoms with Crippen molar-refractivity contribution in [2.24, 2.45) is 0 Å². The van der Waals surface area contributed by atoms with E-state index in [0.29, 0.717) is 18.8 Å². The summed E-state index contributed by atoms with van der Waals surface area (Å²) >= 11 is 0. The Bertz CT molecular complexity index is 663. The van der Waals surface area contributed by atoms with Gasteiger partial charge in [-0.25, -0.2) is 0 Å². The van der Waals surface area contributed by atoms with Gasteiger partial charge >= 0.3 is 0 Å². The lowest BCUT2D eigenvalue weighted by Gasteiger charge is -2.25. The van der Waals surface area contributed by atoms with E-state index in [4.69, 9.17) is 14.9 Å². The molecule has 0 saturated heterocycles. The van der Waals surface area contributed by atoms with Gasteiger partial charge in [-0.3, -0.25) is 4.79 Å². The lowest BCUT2D eigenvalue weighted by molar-refractivity contribution is -0.136. The minimum atomic E-state index is 0.00913. The number of amides is 1. The van der Waals surface area contributed by atoms with E-state index in [0.717, 1.165) is 29.1 Å². The standard InChI is InChI=1S/C16H18N2O3/c1-20-10-16(19)18-6-5-14-12(9-18)8-15(21-14)11-3-2-4-13(17)7-11/h2-4,7-8H,5-6,9-10,17H2,1H3. The zero-order valence-corrected chi connectivity index (χ0v) is 12.0. The quantitative estimate of drug-likeness (QED) is 0.877. The van der Waals surface area contributed by atoms with E-state index < -0.39 is 0 Å². The second kappa shape index (κ2) is 5.61. The molecule has 0 saturated carbocycles. The molecule has 3 rings (SSSR count). The molecule has 2 heterocycles. The molecule has 1 aromatic heterocycles. The average molecular weight is 286 g/mol. The average Bonchev–Trinajstić information content (AvgIpc) is 2.90. The molecule has 1 aliphatic rings. The van der Waals surface area contributed by atoms with E-state index in [2.05, 4.69) is 0 Å². The molecule has 0 fully saturated rings. The third kappa shape index (κ3) is 2.78. The second-order valence-electron chi connectivity index (χ2n) is 5.18. The highest BCUT2D eigenvalue weighted by Crippen LogP contribution is 2.30. The first-order valence-corrected chi connectivity index (χ1v) is 6.91. The van der Waals surface area contributed by atoms with Crippen molar-refractivity contribution in [2.45, 2.75) is 13.0 Å². The third-order valence-electron chi connectivity index (χ3n) is 3.66. The highest BCUT2D eigenvalue weighted by Gasteiger charge is 2.24. The van der Waals surface area contributed by atoms with Crippen molar-refractivity contribution in [3.63, 3.8) is 0 Å². The van der Waals surface area contributed by atoms with Crippen molar-refractivity contribution < 1.29 is 13.9 Å². The van der Waals surface area contributed by atoms with Crippen LogP contribution in [0, 0.1) is 0 Å². The van der Waals surface area contributed by atoms with Crippen molar-refractivity contribution in [1.82, 2.24) is 4.90 Å². The molecule has 0 aliphatic carbocycles. The molecule has 1 aromatic carbocycles. The maximum absolute atomic E-state index is 11.9. The molecule has 5 nitrogen and oxygen atoms in total. The number of rotatable bonds is 3. The van der Waals surface area contributed by atoms with Crippen LogP contribution in [0.5, 0.6) is 0 Å². The van der Waals surface area contributed by atoms with E-state index in [1.165, 1.54) is 7.11 Å². The number of benzene rings is 1. The molecular weight excluding hydrogens is 268 g/mol. The minimum Gasteiger partial charge on any atom is -0.461 e. The van der Waals surface area contributed by atoms with Crippen LogP contribution in [0.2, 0.25) is 0 Å². The fraction of sp³-hybridized carbons (Fsp3) is 0.312. The molecule has 2 N–H and O–H groups in total. The highest BCUT2D eigenvalue weighted by atomic mass is 16.5. The monoisotopic (exact) mass is 286 g/mol. The fourth-order valence-electron chi connectivity index (χ4n) is 2.59. The van der Waals surface area contributed by atoms with Crippen molar-refractivity contribution in [2.75, 3.05) is 26.0 Å². The minimum absolute atomic E-state index is 0.00913. The van der Waals surface area contributed by atoms with Gasteiger partial charge < -0.3 is 19.8 Å². The summed E-state index contributed by atoms with van der Waals surface area (Å²) < 4.78 is 10.8. The van der Waals surface area contributed by atoms with Gasteiger partial charge in [0.2, 0.25) is 5.91 Å². The number of nitrogens with zero attached hydrogens (tertiary/aromatic N) is 1. The van der Waals surface area contributed by atoms with Gasteiger partial charge in [0, 0.05) is 43.4 Å². The summed E-state index contributed by atoms with van der Waals surface area (Å²) in [5, 5.41) is 0. The number of hydrogen-bond donors (Lipinski definition) is 1. The van der Waals surface area contributed by atoms with Gasteiger partial charge in [-0.05, 0) is 18.2 Å². The van der Waals surface area contributed by atoms with Crippen LogP contribution in [0.4, 0.5) is 5.69 Å². The molecule has 21 heavy (non-hydrogen) atoms. The zero-order chi connectivity index (χ0) is 14.8. The molecule has 5 heteroatoms. The molecule has 0 radical (unpaired) electrons. The Balaban J connectivity index is 1.83. The largest absolute Gasteiger partial charge is 0.461 e. The van der Waals surface area contributed by atoms with Crippen molar-refractivity contribution in [3.8, 4) is 11.3 Å². The van der Waals surface area contributed by atoms with Crippen LogP contribution in [-0.2, 0) is 22.5 Å². The third-order valence-corrected chi connectivity index (χ3v) is 3.66. The van der Waals surface area contributed by atoms with Crippen molar-refractivity contribution in [1.29, 1.82) is 0 Å². The van der Waals surface area contributed by atoms with Gasteiger partial charge in [0.05, 0.1) is 0 Å². The summed E-state index contributed by atoms with van der Waals surface area (Å²) in [6.45, 7) is 1.36. The first-order chi connectivity index (χ1) is 10.2. The Morgan fingerprint density at radius 2 is 2.29 bits per heavy atom. The molecule has 0 bridgehead atoms. The number of nitrogen functional groups attached to an aromatic ring is 1. The maximum atomic E-state index is 11.9. The van der Waals surface area contributed by atoms with Gasteiger partial charge in [0.15, 0.2) is 0 Å². The van der Waals surface area contributed by atoms with Crippen molar-refractivity contribution >= 4 is 11.6 Å². The van der Waals surface area contributed by atoms with Crippen molar-refractivity contribution in [3.05, 3.63) is 41.7 Å². The number of anilines is 1. The number of carbonyl (C=O) groups excluding carboxylic acids is 1. The Hall–Kier alpha value is -2.27. The first-order valence-electron chi connectivity index (χ1n) is 6.91. The first kappa shape index (κ1) is 13.7. The van der Waals surface area contributed by atoms with E-state index in [1.807, 2.05) is 30.3 Å². The van der Waals surface area contributed by atoms with Gasteiger partial charge in [0.1, 0.15) is 18.1 Å².